The van der Waals surface area contributed by atoms with Crippen molar-refractivity contribution in [2.45, 2.75) is 31.6 Å². The number of benzene rings is 1. The molecule has 26 heavy (non-hydrogen) atoms. The van der Waals surface area contributed by atoms with Gasteiger partial charge in [0.15, 0.2) is 0 Å². The Labute approximate surface area is 153 Å². The third-order valence-corrected chi connectivity index (χ3v) is 7.06. The fourth-order valence-corrected chi connectivity index (χ4v) is 5.46. The molecule has 142 valence electrons. The van der Waals surface area contributed by atoms with Crippen LogP contribution in [0.2, 0.25) is 0 Å². The number of carbonyl (C=O) groups is 1. The van der Waals surface area contributed by atoms with E-state index < -0.39 is 10.0 Å². The summed E-state index contributed by atoms with van der Waals surface area (Å²) in [5.41, 5.74) is 1.59. The molecule has 1 saturated carbocycles. The van der Waals surface area contributed by atoms with Gasteiger partial charge in [0, 0.05) is 24.9 Å². The molecule has 0 spiro atoms. The Morgan fingerprint density at radius 3 is 2.31 bits per heavy atom. The van der Waals surface area contributed by atoms with Crippen molar-refractivity contribution in [2.75, 3.05) is 19.7 Å². The number of fused-ring (bicyclic) bond motifs is 2. The summed E-state index contributed by atoms with van der Waals surface area (Å²) in [6.45, 7) is 4.41. The summed E-state index contributed by atoms with van der Waals surface area (Å²) < 4.78 is 32.5. The SMILES string of the molecule is CCOC(=O)C1CC2CN(S(=O)(=O)c3ccc(C)cc3)CC(C1)C2=NO. The number of nitrogens with zero attached hydrogens (tertiary/aromatic N) is 2. The van der Waals surface area contributed by atoms with E-state index in [9.17, 15) is 18.4 Å². The Hall–Kier alpha value is -1.93. The molecule has 2 unspecified atom stereocenters. The molecule has 1 heterocycles. The molecule has 0 aromatic heterocycles. The number of oxime groups is 1. The number of ether oxygens (including phenoxy) is 1. The summed E-state index contributed by atoms with van der Waals surface area (Å²) in [6, 6.07) is 6.76. The monoisotopic (exact) mass is 380 g/mol. The Balaban J connectivity index is 1.83. The maximum absolute atomic E-state index is 13.0. The molecule has 1 saturated heterocycles. The lowest BCUT2D eigenvalue weighted by Gasteiger charge is -2.43. The largest absolute Gasteiger partial charge is 0.466 e. The quantitative estimate of drug-likeness (QED) is 0.490. The van der Waals surface area contributed by atoms with Gasteiger partial charge in [-0.3, -0.25) is 4.79 Å². The second-order valence-electron chi connectivity index (χ2n) is 6.97. The van der Waals surface area contributed by atoms with Crippen molar-refractivity contribution in [3.63, 3.8) is 0 Å². The van der Waals surface area contributed by atoms with Crippen molar-refractivity contribution in [3.05, 3.63) is 29.8 Å². The van der Waals surface area contributed by atoms with E-state index in [2.05, 4.69) is 5.16 Å². The summed E-state index contributed by atoms with van der Waals surface area (Å²) in [6.07, 6.45) is 0.878. The van der Waals surface area contributed by atoms with Crippen molar-refractivity contribution < 1.29 is 23.2 Å². The molecule has 2 aliphatic rings. The van der Waals surface area contributed by atoms with Crippen molar-refractivity contribution in [1.82, 2.24) is 4.31 Å². The molecule has 1 aliphatic carbocycles. The highest BCUT2D eigenvalue weighted by atomic mass is 32.2. The van der Waals surface area contributed by atoms with Gasteiger partial charge in [-0.05, 0) is 38.8 Å². The van der Waals surface area contributed by atoms with E-state index in [1.165, 1.54) is 4.31 Å². The van der Waals surface area contributed by atoms with Gasteiger partial charge in [0.25, 0.3) is 0 Å². The van der Waals surface area contributed by atoms with Gasteiger partial charge in [-0.2, -0.15) is 4.31 Å². The zero-order valence-electron chi connectivity index (χ0n) is 15.0. The minimum Gasteiger partial charge on any atom is -0.466 e. The normalized spacial score (nSPS) is 26.4. The minimum atomic E-state index is -3.62. The van der Waals surface area contributed by atoms with Crippen LogP contribution in [-0.4, -0.2) is 49.3 Å². The standard InChI is InChI=1S/C18H24N2O5S/c1-3-25-18(21)13-8-14-10-20(11-15(9-13)17(14)19-22)26(23,24)16-6-4-12(2)5-7-16/h4-7,13-15,22H,3,8-11H2,1-2H3. The highest BCUT2D eigenvalue weighted by Crippen LogP contribution is 2.38. The van der Waals surface area contributed by atoms with Crippen molar-refractivity contribution in [2.24, 2.45) is 22.9 Å². The first-order valence-electron chi connectivity index (χ1n) is 8.82. The van der Waals surface area contributed by atoms with E-state index in [1.54, 1.807) is 31.2 Å². The van der Waals surface area contributed by atoms with Gasteiger partial charge in [0.1, 0.15) is 0 Å². The number of piperidine rings is 1. The molecule has 1 N–H and O–H groups in total. The maximum Gasteiger partial charge on any atom is 0.308 e. The molecule has 7 nitrogen and oxygen atoms in total. The average Bonchev–Trinajstić information content (AvgIpc) is 2.60. The highest BCUT2D eigenvalue weighted by Gasteiger charge is 2.46. The minimum absolute atomic E-state index is 0.210. The Kier molecular flexibility index (Phi) is 5.34. The van der Waals surface area contributed by atoms with E-state index >= 15 is 0 Å². The first kappa shape index (κ1) is 18.8. The van der Waals surface area contributed by atoms with Gasteiger partial charge >= 0.3 is 5.97 Å². The van der Waals surface area contributed by atoms with E-state index in [0.29, 0.717) is 25.2 Å². The lowest BCUT2D eigenvalue weighted by Crippen LogP contribution is -2.53. The lowest BCUT2D eigenvalue weighted by atomic mass is 9.71. The Morgan fingerprint density at radius 1 is 1.23 bits per heavy atom. The van der Waals surface area contributed by atoms with E-state index in [4.69, 9.17) is 4.74 Å². The molecule has 0 radical (unpaired) electrons. The smallest absolute Gasteiger partial charge is 0.308 e. The number of sulfonamides is 1. The van der Waals surface area contributed by atoms with E-state index in [0.717, 1.165) is 5.56 Å². The Bertz CT molecular complexity index is 785. The summed E-state index contributed by atoms with van der Waals surface area (Å²) in [5, 5.41) is 12.8. The van der Waals surface area contributed by atoms with Gasteiger partial charge in [-0.1, -0.05) is 22.9 Å². The van der Waals surface area contributed by atoms with Crippen molar-refractivity contribution >= 4 is 21.7 Å². The average molecular weight is 380 g/mol. The van der Waals surface area contributed by atoms with Crippen LogP contribution in [0.1, 0.15) is 25.3 Å². The van der Waals surface area contributed by atoms with Gasteiger partial charge in [0.05, 0.1) is 23.1 Å². The first-order chi connectivity index (χ1) is 12.4. The predicted molar refractivity (Wildman–Crippen MR) is 95.5 cm³/mol. The molecular weight excluding hydrogens is 356 g/mol. The van der Waals surface area contributed by atoms with Crippen LogP contribution in [-0.2, 0) is 19.6 Å². The zero-order chi connectivity index (χ0) is 18.9. The molecule has 1 aliphatic heterocycles. The summed E-state index contributed by atoms with van der Waals surface area (Å²) in [7, 11) is -3.62. The number of aryl methyl sites for hydroxylation is 1. The van der Waals surface area contributed by atoms with Crippen LogP contribution in [0, 0.1) is 24.7 Å². The predicted octanol–water partition coefficient (Wildman–Crippen LogP) is 2.04. The topological polar surface area (TPSA) is 96.3 Å². The second-order valence-corrected chi connectivity index (χ2v) is 8.91. The highest BCUT2D eigenvalue weighted by molar-refractivity contribution is 7.89. The third-order valence-electron chi connectivity index (χ3n) is 5.22. The number of hydrogen-bond donors (Lipinski definition) is 1. The molecule has 8 heteroatoms. The van der Waals surface area contributed by atoms with Crippen molar-refractivity contribution in [1.29, 1.82) is 0 Å². The molecule has 1 aromatic carbocycles. The first-order valence-corrected chi connectivity index (χ1v) is 10.3. The molecule has 2 bridgehead atoms. The molecule has 2 fully saturated rings. The van der Waals surface area contributed by atoms with Crippen LogP contribution in [0.3, 0.4) is 0 Å². The van der Waals surface area contributed by atoms with Gasteiger partial charge in [0.2, 0.25) is 10.0 Å². The lowest BCUT2D eigenvalue weighted by molar-refractivity contribution is -0.149. The number of esters is 1. The van der Waals surface area contributed by atoms with Gasteiger partial charge in [-0.25, -0.2) is 8.42 Å². The van der Waals surface area contributed by atoms with Crippen LogP contribution in [0.5, 0.6) is 0 Å². The summed E-state index contributed by atoms with van der Waals surface area (Å²) in [5.74, 6) is -1.08. The van der Waals surface area contributed by atoms with E-state index in [-0.39, 0.29) is 41.7 Å². The number of hydrogen-bond acceptors (Lipinski definition) is 6. The number of rotatable bonds is 4. The van der Waals surface area contributed by atoms with Crippen molar-refractivity contribution in [3.8, 4) is 0 Å². The number of carbonyl (C=O) groups excluding carboxylic acids is 1. The third kappa shape index (κ3) is 3.48. The zero-order valence-corrected chi connectivity index (χ0v) is 15.8. The summed E-state index contributed by atoms with van der Waals surface area (Å²) in [4.78, 5) is 12.4. The van der Waals surface area contributed by atoms with Gasteiger partial charge in [-0.15, -0.1) is 0 Å². The second kappa shape index (κ2) is 7.36. The fraction of sp³-hybridized carbons (Fsp3) is 0.556. The summed E-state index contributed by atoms with van der Waals surface area (Å²) >= 11 is 0. The van der Waals surface area contributed by atoms with Gasteiger partial charge < -0.3 is 9.94 Å². The van der Waals surface area contributed by atoms with Crippen LogP contribution >= 0.6 is 0 Å². The van der Waals surface area contributed by atoms with Crippen LogP contribution in [0.25, 0.3) is 0 Å². The molecular formula is C18H24N2O5S. The van der Waals surface area contributed by atoms with Crippen LogP contribution in [0.4, 0.5) is 0 Å². The van der Waals surface area contributed by atoms with Crippen LogP contribution < -0.4 is 0 Å². The van der Waals surface area contributed by atoms with Crippen LogP contribution in [0.15, 0.2) is 34.3 Å². The Morgan fingerprint density at radius 2 is 1.81 bits per heavy atom. The molecule has 1 aromatic rings. The molecule has 3 rings (SSSR count). The molecule has 2 atom stereocenters. The molecule has 0 amide bonds. The maximum atomic E-state index is 13.0. The fourth-order valence-electron chi connectivity index (χ4n) is 3.93. The van der Waals surface area contributed by atoms with E-state index in [1.807, 2.05) is 6.92 Å².